The fraction of sp³-hybridized carbons (Fsp3) is 0.200. The first-order valence-electron chi connectivity index (χ1n) is 7.97. The van der Waals surface area contributed by atoms with E-state index in [0.717, 1.165) is 33.7 Å². The summed E-state index contributed by atoms with van der Waals surface area (Å²) in [4.78, 5) is 15.3. The molecule has 1 N–H and O–H groups in total. The highest BCUT2D eigenvalue weighted by Crippen LogP contribution is 2.31. The maximum Gasteiger partial charge on any atom is 0.310 e. The van der Waals surface area contributed by atoms with Crippen LogP contribution in [0.2, 0.25) is 0 Å². The molecule has 3 aromatic rings. The number of thiazole rings is 1. The molecule has 25 heavy (non-hydrogen) atoms. The largest absolute Gasteiger partial charge is 0.489 e. The predicted molar refractivity (Wildman–Crippen MR) is 99.1 cm³/mol. The van der Waals surface area contributed by atoms with Gasteiger partial charge in [0.25, 0.3) is 0 Å². The van der Waals surface area contributed by atoms with E-state index in [1.165, 1.54) is 11.3 Å². The first-order valence-corrected chi connectivity index (χ1v) is 8.85. The second kappa shape index (κ2) is 7.49. The van der Waals surface area contributed by atoms with Gasteiger partial charge in [-0.1, -0.05) is 30.3 Å². The molecule has 4 nitrogen and oxygen atoms in total. The summed E-state index contributed by atoms with van der Waals surface area (Å²) in [5.41, 5.74) is 5.04. The molecule has 0 aliphatic carbocycles. The molecule has 0 bridgehead atoms. The number of aryl methyl sites for hydroxylation is 2. The molecule has 0 fully saturated rings. The van der Waals surface area contributed by atoms with E-state index in [-0.39, 0.29) is 6.42 Å². The Bertz CT molecular complexity index is 887. The van der Waals surface area contributed by atoms with E-state index in [1.54, 1.807) is 0 Å². The van der Waals surface area contributed by atoms with Gasteiger partial charge in [0.05, 0.1) is 12.1 Å². The van der Waals surface area contributed by atoms with Gasteiger partial charge < -0.3 is 9.84 Å². The van der Waals surface area contributed by atoms with Gasteiger partial charge in [0.15, 0.2) is 0 Å². The molecule has 3 rings (SSSR count). The van der Waals surface area contributed by atoms with Crippen molar-refractivity contribution in [3.63, 3.8) is 0 Å². The van der Waals surface area contributed by atoms with Gasteiger partial charge in [-0.05, 0) is 42.7 Å². The predicted octanol–water partition coefficient (Wildman–Crippen LogP) is 4.63. The van der Waals surface area contributed by atoms with Crippen LogP contribution in [0.15, 0.2) is 47.8 Å². The van der Waals surface area contributed by atoms with Crippen LogP contribution in [0, 0.1) is 13.8 Å². The number of ether oxygens (including phenoxy) is 1. The summed E-state index contributed by atoms with van der Waals surface area (Å²) in [5.74, 6) is -0.00967. The van der Waals surface area contributed by atoms with E-state index in [0.29, 0.717) is 11.6 Å². The summed E-state index contributed by atoms with van der Waals surface area (Å²) in [5, 5.41) is 11.4. The smallest absolute Gasteiger partial charge is 0.310 e. The zero-order valence-corrected chi connectivity index (χ0v) is 15.0. The lowest BCUT2D eigenvalue weighted by Crippen LogP contribution is -2.00. The lowest BCUT2D eigenvalue weighted by molar-refractivity contribution is -0.136. The van der Waals surface area contributed by atoms with Crippen molar-refractivity contribution in [2.75, 3.05) is 0 Å². The molecule has 0 saturated heterocycles. The number of aliphatic carboxylic acids is 1. The van der Waals surface area contributed by atoms with Crippen LogP contribution >= 0.6 is 11.3 Å². The first-order chi connectivity index (χ1) is 12.0. The Balaban J connectivity index is 1.80. The summed E-state index contributed by atoms with van der Waals surface area (Å²) < 4.78 is 5.96. The zero-order chi connectivity index (χ0) is 17.8. The molecule has 0 aliphatic heterocycles. The van der Waals surface area contributed by atoms with Crippen LogP contribution in [0.3, 0.4) is 0 Å². The Morgan fingerprint density at radius 2 is 1.92 bits per heavy atom. The highest BCUT2D eigenvalue weighted by atomic mass is 32.1. The highest BCUT2D eigenvalue weighted by Gasteiger charge is 2.12. The average Bonchev–Trinajstić information content (AvgIpc) is 3.03. The van der Waals surface area contributed by atoms with Gasteiger partial charge in [0, 0.05) is 10.9 Å². The van der Waals surface area contributed by atoms with Crippen molar-refractivity contribution in [3.05, 3.63) is 69.5 Å². The minimum atomic E-state index is -0.863. The number of rotatable bonds is 6. The second-order valence-electron chi connectivity index (χ2n) is 5.90. The monoisotopic (exact) mass is 353 g/mol. The molecule has 0 aliphatic rings. The van der Waals surface area contributed by atoms with Crippen LogP contribution in [0.5, 0.6) is 5.75 Å². The van der Waals surface area contributed by atoms with Gasteiger partial charge in [-0.2, -0.15) is 0 Å². The lowest BCUT2D eigenvalue weighted by atomic mass is 10.0. The van der Waals surface area contributed by atoms with Gasteiger partial charge >= 0.3 is 5.97 Å². The molecule has 2 aromatic carbocycles. The van der Waals surface area contributed by atoms with E-state index < -0.39 is 5.97 Å². The maximum atomic E-state index is 10.8. The van der Waals surface area contributed by atoms with Crippen LogP contribution in [0.25, 0.3) is 11.3 Å². The van der Waals surface area contributed by atoms with Gasteiger partial charge in [-0.25, -0.2) is 4.98 Å². The summed E-state index contributed by atoms with van der Waals surface area (Å²) in [7, 11) is 0. The molecule has 5 heteroatoms. The van der Waals surface area contributed by atoms with Crippen molar-refractivity contribution in [3.8, 4) is 17.0 Å². The summed E-state index contributed by atoms with van der Waals surface area (Å²) in [6, 6.07) is 14.1. The molecular formula is C20H19NO3S. The van der Waals surface area contributed by atoms with Crippen LogP contribution in [-0.2, 0) is 17.8 Å². The van der Waals surface area contributed by atoms with E-state index in [4.69, 9.17) is 9.84 Å². The quantitative estimate of drug-likeness (QED) is 0.702. The van der Waals surface area contributed by atoms with E-state index in [2.05, 4.69) is 11.1 Å². The first kappa shape index (κ1) is 17.2. The third-order valence-electron chi connectivity index (χ3n) is 3.89. The van der Waals surface area contributed by atoms with Crippen LogP contribution < -0.4 is 4.74 Å². The van der Waals surface area contributed by atoms with Gasteiger partial charge in [0.1, 0.15) is 17.4 Å². The van der Waals surface area contributed by atoms with Crippen molar-refractivity contribution in [2.45, 2.75) is 26.9 Å². The number of hydrogen-bond donors (Lipinski definition) is 1. The molecular weight excluding hydrogens is 334 g/mol. The molecule has 0 spiro atoms. The van der Waals surface area contributed by atoms with Crippen molar-refractivity contribution in [2.24, 2.45) is 0 Å². The van der Waals surface area contributed by atoms with Gasteiger partial charge in [-0.3, -0.25) is 4.79 Å². The summed E-state index contributed by atoms with van der Waals surface area (Å²) in [6.07, 6.45) is -0.0407. The molecule has 0 amide bonds. The lowest BCUT2D eigenvalue weighted by Gasteiger charge is -2.13. The minimum Gasteiger partial charge on any atom is -0.489 e. The second-order valence-corrected chi connectivity index (χ2v) is 6.85. The van der Waals surface area contributed by atoms with Crippen LogP contribution in [0.1, 0.15) is 21.7 Å². The number of benzene rings is 2. The number of carbonyl (C=O) groups is 1. The Morgan fingerprint density at radius 1 is 1.16 bits per heavy atom. The van der Waals surface area contributed by atoms with Crippen LogP contribution in [-0.4, -0.2) is 16.1 Å². The Labute approximate surface area is 150 Å². The van der Waals surface area contributed by atoms with Crippen molar-refractivity contribution < 1.29 is 14.6 Å². The molecule has 0 unspecified atom stereocenters. The third-order valence-corrected chi connectivity index (χ3v) is 4.74. The van der Waals surface area contributed by atoms with Crippen molar-refractivity contribution in [1.82, 2.24) is 4.98 Å². The number of hydrogen-bond acceptors (Lipinski definition) is 4. The fourth-order valence-corrected chi connectivity index (χ4v) is 3.39. The third kappa shape index (κ3) is 4.25. The van der Waals surface area contributed by atoms with E-state index in [1.807, 2.05) is 55.6 Å². The maximum absolute atomic E-state index is 10.8. The molecule has 1 aromatic heterocycles. The minimum absolute atomic E-state index is 0.0407. The Kier molecular flexibility index (Phi) is 5.14. The van der Waals surface area contributed by atoms with Gasteiger partial charge in [-0.15, -0.1) is 11.3 Å². The molecule has 0 radical (unpaired) electrons. The number of carboxylic acid groups (broad SMARTS) is 1. The Hall–Kier alpha value is -2.66. The topological polar surface area (TPSA) is 59.4 Å². The molecule has 1 heterocycles. The molecule has 0 saturated carbocycles. The summed E-state index contributed by atoms with van der Waals surface area (Å²) in [6.45, 7) is 4.55. The summed E-state index contributed by atoms with van der Waals surface area (Å²) >= 11 is 1.38. The highest BCUT2D eigenvalue weighted by molar-refractivity contribution is 7.10. The number of aromatic nitrogens is 1. The van der Waals surface area contributed by atoms with Gasteiger partial charge in [0.2, 0.25) is 0 Å². The number of carboxylic acids is 1. The normalized spacial score (nSPS) is 10.6. The van der Waals surface area contributed by atoms with Crippen molar-refractivity contribution >= 4 is 17.3 Å². The van der Waals surface area contributed by atoms with Crippen LogP contribution in [0.4, 0.5) is 0 Å². The molecule has 128 valence electrons. The van der Waals surface area contributed by atoms with Crippen molar-refractivity contribution in [1.29, 1.82) is 0 Å². The SMILES string of the molecule is Cc1cc(-c2csc(CC(=O)O)n2)c(C)cc1OCc1ccccc1. The fourth-order valence-electron chi connectivity index (χ4n) is 2.60. The zero-order valence-electron chi connectivity index (χ0n) is 14.2. The molecule has 0 atom stereocenters. The Morgan fingerprint density at radius 3 is 2.64 bits per heavy atom. The standard InChI is InChI=1S/C20H19NO3S/c1-13-9-18(24-11-15-6-4-3-5-7-15)14(2)8-16(13)17-12-25-19(21-17)10-20(22)23/h3-9,12H,10-11H2,1-2H3,(H,22,23). The van der Waals surface area contributed by atoms with E-state index in [9.17, 15) is 4.79 Å². The average molecular weight is 353 g/mol. The number of nitrogens with zero attached hydrogens (tertiary/aromatic N) is 1. The van der Waals surface area contributed by atoms with E-state index >= 15 is 0 Å².